The number of carbonyl (C=O) groups excluding carboxylic acids is 1. The maximum absolute atomic E-state index is 13.0. The van der Waals surface area contributed by atoms with E-state index in [1.54, 1.807) is 0 Å². The molecule has 9 heteroatoms. The van der Waals surface area contributed by atoms with E-state index in [0.717, 1.165) is 0 Å². The molecule has 0 aromatic carbocycles. The van der Waals surface area contributed by atoms with Gasteiger partial charge in [-0.25, -0.2) is 4.98 Å². The van der Waals surface area contributed by atoms with Crippen LogP contribution in [0.4, 0.5) is 19.1 Å². The van der Waals surface area contributed by atoms with Crippen LogP contribution >= 0.6 is 0 Å². The molecule has 2 N–H and O–H groups in total. The van der Waals surface area contributed by atoms with Crippen LogP contribution in [0, 0.1) is 11.8 Å². The first-order chi connectivity index (χ1) is 10.4. The molecule has 1 fully saturated rings. The molecule has 0 bridgehead atoms. The molecule has 1 aromatic rings. The number of ether oxygens (including phenoxy) is 1. The largest absolute Gasteiger partial charge is 0.481 e. The Kier molecular flexibility index (Phi) is 5.04. The van der Waals surface area contributed by atoms with Crippen molar-refractivity contribution in [2.75, 3.05) is 12.5 Å². The van der Waals surface area contributed by atoms with Gasteiger partial charge in [0, 0.05) is 12.3 Å². The number of nitrogens with zero attached hydrogens (tertiary/aromatic N) is 2. The Morgan fingerprint density at radius 3 is 2.77 bits per heavy atom. The summed E-state index contributed by atoms with van der Waals surface area (Å²) in [4.78, 5) is 19.8. The number of nitrogens with one attached hydrogen (secondary N) is 2. The summed E-state index contributed by atoms with van der Waals surface area (Å²) in [5, 5.41) is 0. The zero-order valence-corrected chi connectivity index (χ0v) is 12.0. The summed E-state index contributed by atoms with van der Waals surface area (Å²) in [6.07, 6.45) is -1.66. The number of hydrogen-bond acceptors (Lipinski definition) is 5. The molecule has 1 amide bonds. The van der Waals surface area contributed by atoms with E-state index in [1.807, 2.05) is 0 Å². The smallest absolute Gasteiger partial charge is 0.392 e. The van der Waals surface area contributed by atoms with Gasteiger partial charge in [-0.1, -0.05) is 12.8 Å². The molecule has 2 rings (SSSR count). The number of halogens is 3. The third-order valence-corrected chi connectivity index (χ3v) is 3.66. The predicted octanol–water partition coefficient (Wildman–Crippen LogP) is 2.30. The average molecular weight is 318 g/mol. The second kappa shape index (κ2) is 6.80. The average Bonchev–Trinajstić information content (AvgIpc) is 2.52. The topological polar surface area (TPSA) is 76.1 Å². The summed E-state index contributed by atoms with van der Waals surface area (Å²) >= 11 is 0. The number of carbonyl (C=O) groups is 1. The summed E-state index contributed by atoms with van der Waals surface area (Å²) < 4.78 is 43.8. The van der Waals surface area contributed by atoms with E-state index in [1.165, 1.54) is 19.4 Å². The minimum atomic E-state index is -4.37. The molecule has 6 nitrogen and oxygen atoms in total. The Hall–Kier alpha value is -2.06. The molecule has 0 unspecified atom stereocenters. The first-order valence-corrected chi connectivity index (χ1v) is 6.91. The molecule has 0 spiro atoms. The van der Waals surface area contributed by atoms with Crippen molar-refractivity contribution in [3.05, 3.63) is 12.3 Å². The number of hydrogen-bond donors (Lipinski definition) is 2. The van der Waals surface area contributed by atoms with Gasteiger partial charge in [0.15, 0.2) is 0 Å². The second-order valence-corrected chi connectivity index (χ2v) is 5.08. The van der Waals surface area contributed by atoms with Crippen LogP contribution in [0.15, 0.2) is 12.3 Å². The van der Waals surface area contributed by atoms with E-state index in [-0.39, 0.29) is 24.7 Å². The SMILES string of the molecule is COc1ccnc(NNC(=O)[C@@H]2CCCC[C@H]2C(F)(F)F)n1. The fraction of sp³-hybridized carbons (Fsp3) is 0.615. The van der Waals surface area contributed by atoms with E-state index >= 15 is 0 Å². The van der Waals surface area contributed by atoms with Gasteiger partial charge in [0.1, 0.15) is 0 Å². The molecular formula is C13H17F3N4O2. The number of alkyl halides is 3. The van der Waals surface area contributed by atoms with E-state index < -0.39 is 23.9 Å². The van der Waals surface area contributed by atoms with Crippen molar-refractivity contribution in [2.45, 2.75) is 31.9 Å². The second-order valence-electron chi connectivity index (χ2n) is 5.08. The van der Waals surface area contributed by atoms with E-state index in [4.69, 9.17) is 4.74 Å². The molecule has 1 saturated carbocycles. The van der Waals surface area contributed by atoms with Crippen LogP contribution < -0.4 is 15.6 Å². The number of hydrazine groups is 1. The lowest BCUT2D eigenvalue weighted by molar-refractivity contribution is -0.198. The Bertz CT molecular complexity index is 524. The highest BCUT2D eigenvalue weighted by Crippen LogP contribution is 2.41. The molecule has 1 aliphatic carbocycles. The number of anilines is 1. The molecular weight excluding hydrogens is 301 g/mol. The molecule has 22 heavy (non-hydrogen) atoms. The molecule has 1 aromatic heterocycles. The number of rotatable bonds is 4. The van der Waals surface area contributed by atoms with Crippen molar-refractivity contribution in [1.82, 2.24) is 15.4 Å². The number of aromatic nitrogens is 2. The Morgan fingerprint density at radius 1 is 1.36 bits per heavy atom. The Balaban J connectivity index is 1.98. The van der Waals surface area contributed by atoms with Crippen LogP contribution in [0.25, 0.3) is 0 Å². The van der Waals surface area contributed by atoms with Crippen molar-refractivity contribution in [3.8, 4) is 5.88 Å². The normalized spacial score (nSPS) is 22.0. The fourth-order valence-electron chi connectivity index (χ4n) is 2.56. The lowest BCUT2D eigenvalue weighted by atomic mass is 9.78. The van der Waals surface area contributed by atoms with Crippen LogP contribution in [-0.4, -0.2) is 29.2 Å². The van der Waals surface area contributed by atoms with Gasteiger partial charge in [0.25, 0.3) is 0 Å². The third-order valence-electron chi connectivity index (χ3n) is 3.66. The van der Waals surface area contributed by atoms with Gasteiger partial charge in [0.05, 0.1) is 18.9 Å². The number of methoxy groups -OCH3 is 1. The molecule has 1 aliphatic rings. The maximum atomic E-state index is 13.0. The fourth-order valence-corrected chi connectivity index (χ4v) is 2.56. The van der Waals surface area contributed by atoms with E-state index in [2.05, 4.69) is 20.8 Å². The number of amides is 1. The quantitative estimate of drug-likeness (QED) is 0.833. The van der Waals surface area contributed by atoms with Crippen molar-refractivity contribution >= 4 is 11.9 Å². The van der Waals surface area contributed by atoms with Crippen LogP contribution in [-0.2, 0) is 4.79 Å². The third kappa shape index (κ3) is 3.99. The van der Waals surface area contributed by atoms with Gasteiger partial charge in [-0.15, -0.1) is 0 Å². The highest BCUT2D eigenvalue weighted by molar-refractivity contribution is 5.80. The van der Waals surface area contributed by atoms with Gasteiger partial charge in [-0.05, 0) is 12.8 Å². The lowest BCUT2D eigenvalue weighted by Gasteiger charge is -2.31. The Labute approximate surface area is 125 Å². The highest BCUT2D eigenvalue weighted by Gasteiger charge is 2.48. The zero-order valence-electron chi connectivity index (χ0n) is 12.0. The molecule has 1 heterocycles. The molecule has 0 aliphatic heterocycles. The summed E-state index contributed by atoms with van der Waals surface area (Å²) in [5.74, 6) is -3.07. The minimum absolute atomic E-state index is 0.0166. The lowest BCUT2D eigenvalue weighted by Crippen LogP contribution is -2.44. The van der Waals surface area contributed by atoms with Crippen molar-refractivity contribution in [1.29, 1.82) is 0 Å². The van der Waals surface area contributed by atoms with Gasteiger partial charge in [0.2, 0.25) is 17.7 Å². The van der Waals surface area contributed by atoms with Crippen LogP contribution in [0.5, 0.6) is 5.88 Å². The van der Waals surface area contributed by atoms with Gasteiger partial charge >= 0.3 is 6.18 Å². The van der Waals surface area contributed by atoms with Crippen LogP contribution in [0.2, 0.25) is 0 Å². The standard InChI is InChI=1S/C13H17F3N4O2/c1-22-10-6-7-17-12(18-10)20-19-11(21)8-4-2-3-5-9(8)13(14,15)16/h6-9H,2-5H2,1H3,(H,19,21)(H,17,18,20)/t8-,9-/m1/s1. The summed E-state index contributed by atoms with van der Waals surface area (Å²) in [6.45, 7) is 0. The highest BCUT2D eigenvalue weighted by atomic mass is 19.4. The predicted molar refractivity (Wildman–Crippen MR) is 71.9 cm³/mol. The molecule has 0 saturated heterocycles. The van der Waals surface area contributed by atoms with Crippen LogP contribution in [0.3, 0.4) is 0 Å². The maximum Gasteiger partial charge on any atom is 0.392 e. The van der Waals surface area contributed by atoms with Gasteiger partial charge in [-0.3, -0.25) is 15.6 Å². The molecule has 122 valence electrons. The van der Waals surface area contributed by atoms with Crippen molar-refractivity contribution in [2.24, 2.45) is 11.8 Å². The van der Waals surface area contributed by atoms with E-state index in [9.17, 15) is 18.0 Å². The van der Waals surface area contributed by atoms with Gasteiger partial charge < -0.3 is 4.74 Å². The van der Waals surface area contributed by atoms with Crippen molar-refractivity contribution in [3.63, 3.8) is 0 Å². The summed E-state index contributed by atoms with van der Waals surface area (Å²) in [7, 11) is 1.42. The first kappa shape index (κ1) is 16.3. The Morgan fingerprint density at radius 2 is 2.09 bits per heavy atom. The molecule has 0 radical (unpaired) electrons. The first-order valence-electron chi connectivity index (χ1n) is 6.91. The zero-order chi connectivity index (χ0) is 16.2. The summed E-state index contributed by atoms with van der Waals surface area (Å²) in [6, 6.07) is 1.51. The monoisotopic (exact) mass is 318 g/mol. The van der Waals surface area contributed by atoms with Crippen molar-refractivity contribution < 1.29 is 22.7 Å². The van der Waals surface area contributed by atoms with Gasteiger partial charge in [-0.2, -0.15) is 18.2 Å². The minimum Gasteiger partial charge on any atom is -0.481 e. The summed E-state index contributed by atoms with van der Waals surface area (Å²) in [5.41, 5.74) is 4.67. The van der Waals surface area contributed by atoms with E-state index in [0.29, 0.717) is 12.8 Å². The van der Waals surface area contributed by atoms with Crippen LogP contribution in [0.1, 0.15) is 25.7 Å². The molecule has 2 atom stereocenters.